The predicted molar refractivity (Wildman–Crippen MR) is 71.0 cm³/mol. The zero-order chi connectivity index (χ0) is 13.1. The lowest BCUT2D eigenvalue weighted by Gasteiger charge is -2.07. The molecule has 0 aliphatic heterocycles. The van der Waals surface area contributed by atoms with Gasteiger partial charge in [-0.3, -0.25) is 14.3 Å². The SMILES string of the molecule is CCc1cn(Cc2ccc(C)cc2)c(=O)[nH]c1=O. The normalized spacial score (nSPS) is 10.6. The standard InChI is InChI=1S/C14H16N2O2/c1-3-12-9-16(14(18)15-13(12)17)8-11-6-4-10(2)5-7-11/h4-7,9H,3,8H2,1-2H3,(H,15,17,18). The number of rotatable bonds is 3. The largest absolute Gasteiger partial charge is 0.328 e. The van der Waals surface area contributed by atoms with Gasteiger partial charge in [-0.25, -0.2) is 4.79 Å². The molecule has 0 fully saturated rings. The lowest BCUT2D eigenvalue weighted by Crippen LogP contribution is -2.31. The summed E-state index contributed by atoms with van der Waals surface area (Å²) in [5.41, 5.74) is 2.20. The van der Waals surface area contributed by atoms with Crippen molar-refractivity contribution in [2.75, 3.05) is 0 Å². The number of nitrogens with zero attached hydrogens (tertiary/aromatic N) is 1. The first-order valence-corrected chi connectivity index (χ1v) is 5.98. The van der Waals surface area contributed by atoms with Gasteiger partial charge >= 0.3 is 5.69 Å². The van der Waals surface area contributed by atoms with Crippen LogP contribution in [0.5, 0.6) is 0 Å². The molecule has 2 rings (SSSR count). The molecule has 0 saturated carbocycles. The van der Waals surface area contributed by atoms with Crippen molar-refractivity contribution in [1.82, 2.24) is 9.55 Å². The minimum Gasteiger partial charge on any atom is -0.296 e. The second-order valence-corrected chi connectivity index (χ2v) is 4.38. The molecule has 4 heteroatoms. The van der Waals surface area contributed by atoms with Crippen LogP contribution in [0.1, 0.15) is 23.6 Å². The minimum atomic E-state index is -0.363. The Hall–Kier alpha value is -2.10. The van der Waals surface area contributed by atoms with Crippen molar-refractivity contribution in [2.45, 2.75) is 26.8 Å². The molecule has 1 aromatic carbocycles. The molecule has 1 aromatic heterocycles. The first-order valence-electron chi connectivity index (χ1n) is 5.98. The van der Waals surface area contributed by atoms with Gasteiger partial charge in [-0.2, -0.15) is 0 Å². The van der Waals surface area contributed by atoms with Crippen molar-refractivity contribution in [2.24, 2.45) is 0 Å². The summed E-state index contributed by atoms with van der Waals surface area (Å²) in [6.07, 6.45) is 2.25. The van der Waals surface area contributed by atoms with Crippen molar-refractivity contribution in [1.29, 1.82) is 0 Å². The Labute approximate surface area is 105 Å². The maximum Gasteiger partial charge on any atom is 0.328 e. The van der Waals surface area contributed by atoms with E-state index in [9.17, 15) is 9.59 Å². The molecular formula is C14H16N2O2. The summed E-state index contributed by atoms with van der Waals surface area (Å²) in [6, 6.07) is 7.98. The Bertz CT molecular complexity index is 651. The Morgan fingerprint density at radius 3 is 2.44 bits per heavy atom. The van der Waals surface area contributed by atoms with E-state index < -0.39 is 0 Å². The number of nitrogens with one attached hydrogen (secondary N) is 1. The van der Waals surface area contributed by atoms with Crippen LogP contribution in [0.2, 0.25) is 0 Å². The van der Waals surface area contributed by atoms with Gasteiger partial charge in [0.15, 0.2) is 0 Å². The van der Waals surface area contributed by atoms with Gasteiger partial charge in [0.2, 0.25) is 0 Å². The number of H-pyrrole nitrogens is 1. The van der Waals surface area contributed by atoms with Crippen LogP contribution < -0.4 is 11.2 Å². The van der Waals surface area contributed by atoms with Gasteiger partial charge in [0, 0.05) is 11.8 Å². The van der Waals surface area contributed by atoms with E-state index in [2.05, 4.69) is 4.98 Å². The fourth-order valence-corrected chi connectivity index (χ4v) is 1.81. The van der Waals surface area contributed by atoms with Crippen molar-refractivity contribution >= 4 is 0 Å². The molecule has 0 unspecified atom stereocenters. The van der Waals surface area contributed by atoms with Gasteiger partial charge in [-0.05, 0) is 18.9 Å². The van der Waals surface area contributed by atoms with Gasteiger partial charge in [0.25, 0.3) is 5.56 Å². The van der Waals surface area contributed by atoms with E-state index in [4.69, 9.17) is 0 Å². The Morgan fingerprint density at radius 1 is 1.17 bits per heavy atom. The van der Waals surface area contributed by atoms with Crippen LogP contribution in [-0.2, 0) is 13.0 Å². The molecule has 0 aliphatic rings. The van der Waals surface area contributed by atoms with E-state index in [0.717, 1.165) is 5.56 Å². The molecule has 18 heavy (non-hydrogen) atoms. The Balaban J connectivity index is 2.37. The van der Waals surface area contributed by atoms with Gasteiger partial charge in [0.05, 0.1) is 6.54 Å². The zero-order valence-corrected chi connectivity index (χ0v) is 10.6. The Kier molecular flexibility index (Phi) is 3.46. The van der Waals surface area contributed by atoms with E-state index in [1.54, 1.807) is 6.20 Å². The number of aromatic amines is 1. The quantitative estimate of drug-likeness (QED) is 0.888. The van der Waals surface area contributed by atoms with Gasteiger partial charge in [-0.15, -0.1) is 0 Å². The van der Waals surface area contributed by atoms with Gasteiger partial charge in [-0.1, -0.05) is 36.8 Å². The molecule has 0 bridgehead atoms. The second-order valence-electron chi connectivity index (χ2n) is 4.38. The number of hydrogen-bond acceptors (Lipinski definition) is 2. The molecule has 1 heterocycles. The smallest absolute Gasteiger partial charge is 0.296 e. The average Bonchev–Trinajstić information content (AvgIpc) is 2.35. The summed E-state index contributed by atoms with van der Waals surface area (Å²) in [5, 5.41) is 0. The van der Waals surface area contributed by atoms with Gasteiger partial charge < -0.3 is 0 Å². The van der Waals surface area contributed by atoms with Gasteiger partial charge in [0.1, 0.15) is 0 Å². The highest BCUT2D eigenvalue weighted by atomic mass is 16.2. The van der Waals surface area contributed by atoms with Crippen LogP contribution in [0.3, 0.4) is 0 Å². The summed E-state index contributed by atoms with van der Waals surface area (Å²) in [6.45, 7) is 4.39. The topological polar surface area (TPSA) is 54.9 Å². The van der Waals surface area contributed by atoms with E-state index in [-0.39, 0.29) is 11.2 Å². The number of aryl methyl sites for hydroxylation is 2. The molecule has 0 radical (unpaired) electrons. The summed E-state index contributed by atoms with van der Waals surface area (Å²) >= 11 is 0. The lowest BCUT2D eigenvalue weighted by molar-refractivity contribution is 0.707. The molecule has 0 atom stereocenters. The first kappa shape index (κ1) is 12.4. The van der Waals surface area contributed by atoms with Crippen molar-refractivity contribution in [3.05, 3.63) is 68.0 Å². The highest BCUT2D eigenvalue weighted by Crippen LogP contribution is 2.04. The summed E-state index contributed by atoms with van der Waals surface area (Å²) in [7, 11) is 0. The fourth-order valence-electron chi connectivity index (χ4n) is 1.81. The van der Waals surface area contributed by atoms with Crippen molar-refractivity contribution < 1.29 is 0 Å². The highest BCUT2D eigenvalue weighted by molar-refractivity contribution is 5.21. The summed E-state index contributed by atoms with van der Waals surface area (Å²) in [4.78, 5) is 25.5. The molecule has 2 aromatic rings. The third-order valence-electron chi connectivity index (χ3n) is 2.94. The van der Waals surface area contributed by atoms with Crippen LogP contribution in [0.25, 0.3) is 0 Å². The minimum absolute atomic E-state index is 0.289. The molecule has 0 amide bonds. The fraction of sp³-hybridized carbons (Fsp3) is 0.286. The third-order valence-corrected chi connectivity index (χ3v) is 2.94. The van der Waals surface area contributed by atoms with Crippen LogP contribution >= 0.6 is 0 Å². The molecule has 94 valence electrons. The monoisotopic (exact) mass is 244 g/mol. The number of hydrogen-bond donors (Lipinski definition) is 1. The van der Waals surface area contributed by atoms with Crippen LogP contribution in [0.4, 0.5) is 0 Å². The predicted octanol–water partition coefficient (Wildman–Crippen LogP) is 1.46. The molecule has 0 aliphatic carbocycles. The summed E-state index contributed by atoms with van der Waals surface area (Å²) < 4.78 is 1.53. The third kappa shape index (κ3) is 2.59. The van der Waals surface area contributed by atoms with Crippen LogP contribution in [-0.4, -0.2) is 9.55 Å². The van der Waals surface area contributed by atoms with E-state index in [0.29, 0.717) is 18.5 Å². The second kappa shape index (κ2) is 5.04. The molecule has 0 saturated heterocycles. The molecular weight excluding hydrogens is 228 g/mol. The van der Waals surface area contributed by atoms with E-state index in [1.165, 1.54) is 10.1 Å². The summed E-state index contributed by atoms with van der Waals surface area (Å²) in [5.74, 6) is 0. The van der Waals surface area contributed by atoms with E-state index >= 15 is 0 Å². The zero-order valence-electron chi connectivity index (χ0n) is 10.6. The molecule has 0 spiro atoms. The maximum atomic E-state index is 11.7. The lowest BCUT2D eigenvalue weighted by atomic mass is 10.1. The van der Waals surface area contributed by atoms with Crippen LogP contribution in [0.15, 0.2) is 40.1 Å². The first-order chi connectivity index (χ1) is 8.60. The average molecular weight is 244 g/mol. The van der Waals surface area contributed by atoms with Crippen LogP contribution in [0, 0.1) is 6.92 Å². The van der Waals surface area contributed by atoms with Crippen molar-refractivity contribution in [3.63, 3.8) is 0 Å². The maximum absolute atomic E-state index is 11.7. The number of aromatic nitrogens is 2. The Morgan fingerprint density at radius 2 is 1.83 bits per heavy atom. The highest BCUT2D eigenvalue weighted by Gasteiger charge is 2.03. The number of benzene rings is 1. The molecule has 1 N–H and O–H groups in total. The van der Waals surface area contributed by atoms with E-state index in [1.807, 2.05) is 38.1 Å². The molecule has 4 nitrogen and oxygen atoms in total. The van der Waals surface area contributed by atoms with Crippen molar-refractivity contribution in [3.8, 4) is 0 Å².